The number of rotatable bonds is 5. The Hall–Kier alpha value is -2.81. The molecule has 0 saturated carbocycles. The summed E-state index contributed by atoms with van der Waals surface area (Å²) in [4.78, 5) is 27.4. The van der Waals surface area contributed by atoms with Crippen LogP contribution in [0.25, 0.3) is 0 Å². The monoisotopic (exact) mass is 416 g/mol. The Kier molecular flexibility index (Phi) is 6.18. The lowest BCUT2D eigenvalue weighted by atomic mass is 10.1. The Morgan fingerprint density at radius 2 is 1.71 bits per heavy atom. The molecule has 1 heterocycles. The van der Waals surface area contributed by atoms with Crippen molar-refractivity contribution in [3.05, 3.63) is 58.2 Å². The number of benzene rings is 1. The fourth-order valence-electron chi connectivity index (χ4n) is 2.55. The molecule has 3 N–H and O–H groups in total. The minimum absolute atomic E-state index is 0.117. The number of hydrogen-bond donors (Lipinski definition) is 2. The molecule has 1 aromatic heterocycles. The van der Waals surface area contributed by atoms with E-state index in [0.717, 1.165) is 7.11 Å². The van der Waals surface area contributed by atoms with Crippen LogP contribution >= 0.6 is 11.6 Å². The topological polar surface area (TPSA) is 81.6 Å². The smallest absolute Gasteiger partial charge is 0.464 e. The first kappa shape index (κ1) is 21.5. The Bertz CT molecular complexity index is 868. The second-order valence-corrected chi connectivity index (χ2v) is 6.52. The molecule has 2 aromatic rings. The molecule has 0 spiro atoms. The summed E-state index contributed by atoms with van der Waals surface area (Å²) < 4.78 is 46.4. The Balaban J connectivity index is 2.52. The van der Waals surface area contributed by atoms with Gasteiger partial charge in [0, 0.05) is 16.7 Å². The molecule has 0 radical (unpaired) electrons. The van der Waals surface area contributed by atoms with E-state index in [1.165, 1.54) is 30.3 Å². The quantitative estimate of drug-likeness (QED) is 0.580. The Morgan fingerprint density at radius 3 is 2.21 bits per heavy atom. The number of amides is 1. The maximum atomic E-state index is 14.0. The molecule has 0 aliphatic carbocycles. The first-order chi connectivity index (χ1) is 13.0. The average Bonchev–Trinajstić information content (AvgIpc) is 2.59. The number of hydrogen-bond acceptors (Lipinski definition) is 4. The number of methoxy groups -OCH3 is 1. The highest BCUT2D eigenvalue weighted by atomic mass is 35.5. The second kappa shape index (κ2) is 8.05. The van der Waals surface area contributed by atoms with E-state index in [1.807, 2.05) is 0 Å². The summed E-state index contributed by atoms with van der Waals surface area (Å²) in [6.07, 6.45) is -5.23. The van der Waals surface area contributed by atoms with Gasteiger partial charge in [-0.05, 0) is 49.7 Å². The van der Waals surface area contributed by atoms with Gasteiger partial charge >= 0.3 is 17.8 Å². The summed E-state index contributed by atoms with van der Waals surface area (Å²) in [5.74, 6) is -3.00. The van der Waals surface area contributed by atoms with Gasteiger partial charge in [-0.2, -0.15) is 13.2 Å². The number of halogens is 4. The zero-order valence-corrected chi connectivity index (χ0v) is 16.0. The van der Waals surface area contributed by atoms with E-state index in [2.05, 4.69) is 15.0 Å². The van der Waals surface area contributed by atoms with Gasteiger partial charge in [0.1, 0.15) is 0 Å². The number of aromatic nitrogens is 1. The van der Waals surface area contributed by atoms with Gasteiger partial charge in [-0.3, -0.25) is 10.1 Å². The molecular weight excluding hydrogens is 399 g/mol. The van der Waals surface area contributed by atoms with Gasteiger partial charge in [-0.1, -0.05) is 11.6 Å². The van der Waals surface area contributed by atoms with E-state index in [-0.39, 0.29) is 11.4 Å². The van der Waals surface area contributed by atoms with E-state index in [1.54, 1.807) is 25.2 Å². The van der Waals surface area contributed by atoms with Crippen molar-refractivity contribution in [1.29, 1.82) is 0 Å². The predicted octanol–water partition coefficient (Wildman–Crippen LogP) is 3.04. The number of alkyl halides is 3. The first-order valence-corrected chi connectivity index (χ1v) is 8.38. The van der Waals surface area contributed by atoms with Crippen LogP contribution in [0.1, 0.15) is 21.6 Å². The van der Waals surface area contributed by atoms with Gasteiger partial charge in [-0.15, -0.1) is 0 Å². The van der Waals surface area contributed by atoms with Gasteiger partial charge in [-0.25, -0.2) is 15.1 Å². The molecule has 1 aromatic carbocycles. The summed E-state index contributed by atoms with van der Waals surface area (Å²) in [7, 11) is 0.796. The number of ether oxygens (including phenoxy) is 1. The van der Waals surface area contributed by atoms with E-state index in [4.69, 9.17) is 11.6 Å². The number of aryl methyl sites for hydroxylation is 2. The van der Waals surface area contributed by atoms with Gasteiger partial charge in [0.2, 0.25) is 0 Å². The number of H-pyrrole nitrogens is 1. The molecule has 0 aliphatic heterocycles. The molecule has 0 unspecified atom stereocenters. The largest absolute Gasteiger partial charge is 0.464 e. The summed E-state index contributed by atoms with van der Waals surface area (Å²) in [6, 6.07) is 8.22. The maximum absolute atomic E-state index is 14.0. The first-order valence-electron chi connectivity index (χ1n) is 8.00. The van der Waals surface area contributed by atoms with E-state index >= 15 is 0 Å². The normalized spacial score (nSPS) is 13.4. The van der Waals surface area contributed by atoms with Crippen molar-refractivity contribution in [2.24, 2.45) is 0 Å². The van der Waals surface area contributed by atoms with Crippen LogP contribution in [0.4, 0.5) is 19.0 Å². The van der Waals surface area contributed by atoms with E-state index < -0.39 is 23.7 Å². The summed E-state index contributed by atoms with van der Waals surface area (Å²) in [5.41, 5.74) is -2.45. The number of anilines is 1. The molecule has 1 atom stereocenters. The van der Waals surface area contributed by atoms with Crippen LogP contribution in [0.5, 0.6) is 0 Å². The molecule has 6 nitrogen and oxygen atoms in total. The number of nitrogens with one attached hydrogen (secondary N) is 3. The van der Waals surface area contributed by atoms with Crippen molar-refractivity contribution in [1.82, 2.24) is 5.32 Å². The third-order valence-electron chi connectivity index (χ3n) is 3.79. The summed E-state index contributed by atoms with van der Waals surface area (Å²) in [6.45, 7) is 3.31. The summed E-state index contributed by atoms with van der Waals surface area (Å²) in [5, 5.41) is 4.10. The van der Waals surface area contributed by atoms with Crippen molar-refractivity contribution in [3.8, 4) is 0 Å². The van der Waals surface area contributed by atoms with Crippen molar-refractivity contribution in [3.63, 3.8) is 0 Å². The minimum Gasteiger partial charge on any atom is -0.464 e. The van der Waals surface area contributed by atoms with Crippen LogP contribution in [0.15, 0.2) is 36.4 Å². The fraction of sp³-hybridized carbons (Fsp3) is 0.278. The molecular formula is C18H18ClF3N3O3+. The van der Waals surface area contributed by atoms with Crippen LogP contribution in [0.2, 0.25) is 5.02 Å². The van der Waals surface area contributed by atoms with Crippen molar-refractivity contribution < 1.29 is 32.5 Å². The average molecular weight is 417 g/mol. The number of esters is 1. The highest BCUT2D eigenvalue weighted by Crippen LogP contribution is 2.32. The molecule has 0 aliphatic rings. The molecule has 10 heteroatoms. The van der Waals surface area contributed by atoms with Gasteiger partial charge in [0.15, 0.2) is 0 Å². The number of carbonyl (C=O) groups excluding carboxylic acids is 2. The third-order valence-corrected chi connectivity index (χ3v) is 4.05. The van der Waals surface area contributed by atoms with Crippen LogP contribution in [0.3, 0.4) is 0 Å². The number of pyridine rings is 1. The maximum Gasteiger partial charge on any atom is 0.464 e. The lowest BCUT2D eigenvalue weighted by Gasteiger charge is -2.30. The van der Waals surface area contributed by atoms with E-state index in [9.17, 15) is 22.8 Å². The van der Waals surface area contributed by atoms with Crippen LogP contribution < -0.4 is 15.6 Å². The number of carbonyl (C=O) groups is 2. The predicted molar refractivity (Wildman–Crippen MR) is 95.8 cm³/mol. The highest BCUT2D eigenvalue weighted by molar-refractivity contribution is 6.30. The zero-order chi connectivity index (χ0) is 21.1. The highest BCUT2D eigenvalue weighted by Gasteiger charge is 2.67. The molecule has 0 fully saturated rings. The summed E-state index contributed by atoms with van der Waals surface area (Å²) >= 11 is 5.73. The number of aromatic amines is 1. The van der Waals surface area contributed by atoms with Crippen molar-refractivity contribution in [2.75, 3.05) is 12.4 Å². The van der Waals surface area contributed by atoms with Crippen LogP contribution in [0, 0.1) is 13.8 Å². The van der Waals surface area contributed by atoms with Crippen LogP contribution in [-0.4, -0.2) is 30.8 Å². The standard InChI is InChI=1S/C18H17ClF3N3O3/c1-10-8-11(2)23-14(9-10)24-17(16(27)28-3,18(20,21)22)25-15(26)12-4-6-13(19)7-5-12/h4-9H,1-3H3,(H,23,24)(H,25,26)/p+1/t17-/m1/s1. The van der Waals surface area contributed by atoms with E-state index in [0.29, 0.717) is 16.3 Å². The zero-order valence-electron chi connectivity index (χ0n) is 15.2. The van der Waals surface area contributed by atoms with Gasteiger partial charge < -0.3 is 4.74 Å². The lowest BCUT2D eigenvalue weighted by Crippen LogP contribution is -2.69. The van der Waals surface area contributed by atoms with Crippen molar-refractivity contribution in [2.45, 2.75) is 25.7 Å². The molecule has 2 rings (SSSR count). The molecule has 1 amide bonds. The lowest BCUT2D eigenvalue weighted by molar-refractivity contribution is -0.372. The molecule has 28 heavy (non-hydrogen) atoms. The van der Waals surface area contributed by atoms with Crippen LogP contribution in [-0.2, 0) is 9.53 Å². The minimum atomic E-state index is -5.23. The molecule has 150 valence electrons. The van der Waals surface area contributed by atoms with Gasteiger partial charge in [0.05, 0.1) is 12.8 Å². The molecule has 0 bridgehead atoms. The Labute approximate surface area is 164 Å². The van der Waals surface area contributed by atoms with Crippen molar-refractivity contribution >= 4 is 29.3 Å². The SMILES string of the molecule is COC(=O)[C@](NC(=O)c1ccc(Cl)cc1)(Nc1cc(C)cc(C)[nH+]1)C(F)(F)F. The van der Waals surface area contributed by atoms with Gasteiger partial charge in [0.25, 0.3) is 11.7 Å². The fourth-order valence-corrected chi connectivity index (χ4v) is 2.68. The second-order valence-electron chi connectivity index (χ2n) is 6.08. The Morgan fingerprint density at radius 1 is 1.11 bits per heavy atom. The molecule has 0 saturated heterocycles. The third kappa shape index (κ3) is 4.53.